The van der Waals surface area contributed by atoms with E-state index in [1.807, 2.05) is 31.3 Å². The number of nitrogens with one attached hydrogen (secondary N) is 1. The lowest BCUT2D eigenvalue weighted by atomic mass is 10.2. The van der Waals surface area contributed by atoms with Crippen molar-refractivity contribution in [1.29, 1.82) is 0 Å². The van der Waals surface area contributed by atoms with Crippen LogP contribution in [0.1, 0.15) is 17.0 Å². The smallest absolute Gasteiger partial charge is 0.246 e. The summed E-state index contributed by atoms with van der Waals surface area (Å²) in [5.41, 5.74) is 2.36. The first-order chi connectivity index (χ1) is 11.1. The summed E-state index contributed by atoms with van der Waals surface area (Å²) in [4.78, 5) is 1.49. The van der Waals surface area contributed by atoms with Crippen molar-refractivity contribution in [3.63, 3.8) is 0 Å². The van der Waals surface area contributed by atoms with Crippen molar-refractivity contribution in [3.05, 3.63) is 46.2 Å². The van der Waals surface area contributed by atoms with E-state index in [1.54, 1.807) is 18.5 Å². The fourth-order valence-corrected chi connectivity index (χ4v) is 4.04. The third-order valence-corrected chi connectivity index (χ3v) is 6.21. The van der Waals surface area contributed by atoms with E-state index in [1.165, 1.54) is 28.9 Å². The van der Waals surface area contributed by atoms with Crippen LogP contribution in [0.25, 0.3) is 0 Å². The van der Waals surface area contributed by atoms with Gasteiger partial charge in [0.1, 0.15) is 11.4 Å². The van der Waals surface area contributed by atoms with Gasteiger partial charge in [-0.3, -0.25) is 0 Å². The number of hydrogen-bond donors (Lipinski definition) is 1. The van der Waals surface area contributed by atoms with E-state index in [9.17, 15) is 8.42 Å². The highest BCUT2D eigenvalue weighted by molar-refractivity contribution is 7.89. The maximum atomic E-state index is 12.4. The maximum Gasteiger partial charge on any atom is 0.246 e. The van der Waals surface area contributed by atoms with Gasteiger partial charge in [-0.1, -0.05) is 23.7 Å². The molecular weight excluding hydrogens is 348 g/mol. The molecule has 1 aromatic carbocycles. The number of aromatic nitrogens is 2. The van der Waals surface area contributed by atoms with Crippen molar-refractivity contribution < 1.29 is 13.3 Å². The molecule has 0 aliphatic rings. The SMILES string of the molecule is Cc1nn(C[NH+](C)Cc2ccc(Cl)cc2)c(C)c1S(=O)(=O)N(C)C. The summed E-state index contributed by atoms with van der Waals surface area (Å²) in [6.45, 7) is 4.91. The van der Waals surface area contributed by atoms with Crippen LogP contribution < -0.4 is 4.90 Å². The average Bonchev–Trinajstić information content (AvgIpc) is 2.76. The number of aryl methyl sites for hydroxylation is 1. The minimum Gasteiger partial charge on any atom is -0.315 e. The van der Waals surface area contributed by atoms with Crippen molar-refractivity contribution >= 4 is 21.6 Å². The van der Waals surface area contributed by atoms with E-state index < -0.39 is 10.0 Å². The normalized spacial score (nSPS) is 13.5. The second kappa shape index (κ2) is 7.23. The number of benzene rings is 1. The quantitative estimate of drug-likeness (QED) is 0.826. The summed E-state index contributed by atoms with van der Waals surface area (Å²) in [6, 6.07) is 7.73. The van der Waals surface area contributed by atoms with E-state index in [-0.39, 0.29) is 0 Å². The largest absolute Gasteiger partial charge is 0.315 e. The van der Waals surface area contributed by atoms with Gasteiger partial charge in [-0.15, -0.1) is 0 Å². The molecule has 6 nitrogen and oxygen atoms in total. The summed E-state index contributed by atoms with van der Waals surface area (Å²) in [5, 5.41) is 5.14. The Labute approximate surface area is 148 Å². The van der Waals surface area contributed by atoms with Crippen LogP contribution in [0, 0.1) is 13.8 Å². The Balaban J connectivity index is 2.20. The second-order valence-electron chi connectivity index (χ2n) is 6.21. The van der Waals surface area contributed by atoms with Crippen LogP contribution in [0.2, 0.25) is 5.02 Å². The van der Waals surface area contributed by atoms with Gasteiger partial charge in [-0.05, 0) is 26.0 Å². The van der Waals surface area contributed by atoms with E-state index in [4.69, 9.17) is 11.6 Å². The van der Waals surface area contributed by atoms with Gasteiger partial charge in [0.15, 0.2) is 6.67 Å². The zero-order chi connectivity index (χ0) is 18.1. The average molecular weight is 372 g/mol. The topological polar surface area (TPSA) is 59.6 Å². The summed E-state index contributed by atoms with van der Waals surface area (Å²) in [7, 11) is 1.62. The molecule has 0 saturated heterocycles. The number of nitrogens with zero attached hydrogens (tertiary/aromatic N) is 3. The Bertz CT molecular complexity index is 813. The zero-order valence-corrected chi connectivity index (χ0v) is 16.2. The second-order valence-corrected chi connectivity index (χ2v) is 8.73. The molecule has 0 fully saturated rings. The number of quaternary nitrogens is 1. The van der Waals surface area contributed by atoms with Crippen molar-refractivity contribution in [2.45, 2.75) is 32.0 Å². The van der Waals surface area contributed by atoms with Crippen LogP contribution in [-0.4, -0.2) is 43.6 Å². The Hall–Kier alpha value is -1.41. The van der Waals surface area contributed by atoms with Gasteiger partial charge < -0.3 is 4.90 Å². The molecule has 1 N–H and O–H groups in total. The third-order valence-electron chi connectivity index (χ3n) is 3.89. The van der Waals surface area contributed by atoms with Crippen LogP contribution in [-0.2, 0) is 23.2 Å². The molecule has 2 aromatic rings. The molecule has 1 unspecified atom stereocenters. The molecule has 0 aliphatic heterocycles. The van der Waals surface area contributed by atoms with Crippen LogP contribution in [0.4, 0.5) is 0 Å². The van der Waals surface area contributed by atoms with Gasteiger partial charge in [-0.2, -0.15) is 5.10 Å². The highest BCUT2D eigenvalue weighted by Crippen LogP contribution is 2.21. The lowest BCUT2D eigenvalue weighted by Gasteiger charge is -2.16. The molecule has 2 rings (SSSR count). The van der Waals surface area contributed by atoms with E-state index >= 15 is 0 Å². The van der Waals surface area contributed by atoms with Crippen molar-refractivity contribution in [1.82, 2.24) is 14.1 Å². The van der Waals surface area contributed by atoms with Gasteiger partial charge in [0.25, 0.3) is 0 Å². The van der Waals surface area contributed by atoms with E-state index in [0.29, 0.717) is 28.0 Å². The maximum absolute atomic E-state index is 12.4. The summed E-state index contributed by atoms with van der Waals surface area (Å²) < 4.78 is 27.9. The lowest BCUT2D eigenvalue weighted by Crippen LogP contribution is -3.07. The standard InChI is InChI=1S/C16H23ClN4O2S/c1-12-16(24(22,23)19(3)4)13(2)21(18-12)11-20(5)10-14-6-8-15(17)9-7-14/h6-9H,10-11H2,1-5H3/p+1. The summed E-state index contributed by atoms with van der Waals surface area (Å²) in [5.74, 6) is 0. The molecule has 0 aliphatic carbocycles. The Morgan fingerprint density at radius 1 is 1.21 bits per heavy atom. The van der Waals surface area contributed by atoms with Crippen LogP contribution in [0.3, 0.4) is 0 Å². The summed E-state index contributed by atoms with van der Waals surface area (Å²) in [6.07, 6.45) is 0. The van der Waals surface area contributed by atoms with Crippen molar-refractivity contribution in [2.24, 2.45) is 0 Å². The van der Waals surface area contributed by atoms with Crippen LogP contribution >= 0.6 is 11.6 Å². The first-order valence-electron chi connectivity index (χ1n) is 7.65. The highest BCUT2D eigenvalue weighted by Gasteiger charge is 2.27. The minimum absolute atomic E-state index is 0.298. The monoisotopic (exact) mass is 371 g/mol. The number of sulfonamides is 1. The number of rotatable bonds is 6. The number of hydrogen-bond acceptors (Lipinski definition) is 3. The van der Waals surface area contributed by atoms with E-state index in [2.05, 4.69) is 5.10 Å². The Morgan fingerprint density at radius 2 is 1.79 bits per heavy atom. The van der Waals surface area contributed by atoms with E-state index in [0.717, 1.165) is 6.54 Å². The first kappa shape index (κ1) is 18.9. The molecule has 8 heteroatoms. The van der Waals surface area contributed by atoms with Crippen molar-refractivity contribution in [3.8, 4) is 0 Å². The van der Waals surface area contributed by atoms with Crippen molar-refractivity contribution in [2.75, 3.05) is 21.1 Å². The lowest BCUT2D eigenvalue weighted by molar-refractivity contribution is -0.917. The molecule has 0 amide bonds. The third kappa shape index (κ3) is 3.97. The van der Waals surface area contributed by atoms with Gasteiger partial charge in [0, 0.05) is 24.7 Å². The van der Waals surface area contributed by atoms with Crippen LogP contribution in [0.5, 0.6) is 0 Å². The van der Waals surface area contributed by atoms with Crippen LogP contribution in [0.15, 0.2) is 29.2 Å². The molecule has 24 heavy (non-hydrogen) atoms. The minimum atomic E-state index is -3.49. The fraction of sp³-hybridized carbons (Fsp3) is 0.438. The summed E-state index contributed by atoms with van der Waals surface area (Å²) >= 11 is 5.91. The molecule has 1 atom stereocenters. The Morgan fingerprint density at radius 3 is 2.33 bits per heavy atom. The highest BCUT2D eigenvalue weighted by atomic mass is 35.5. The molecule has 0 saturated carbocycles. The first-order valence-corrected chi connectivity index (χ1v) is 9.47. The predicted octanol–water partition coefficient (Wildman–Crippen LogP) is 1.08. The van der Waals surface area contributed by atoms with Gasteiger partial charge in [-0.25, -0.2) is 17.4 Å². The number of halogens is 1. The van der Waals surface area contributed by atoms with Gasteiger partial charge >= 0.3 is 0 Å². The zero-order valence-electron chi connectivity index (χ0n) is 14.7. The molecule has 0 bridgehead atoms. The van der Waals surface area contributed by atoms with Gasteiger partial charge in [0.2, 0.25) is 10.0 Å². The van der Waals surface area contributed by atoms with Gasteiger partial charge in [0.05, 0.1) is 18.4 Å². The molecule has 132 valence electrons. The molecule has 0 spiro atoms. The predicted molar refractivity (Wildman–Crippen MR) is 94.6 cm³/mol. The molecule has 1 heterocycles. The molecule has 1 aromatic heterocycles. The molecular formula is C16H24ClN4O2S+. The Kier molecular flexibility index (Phi) is 5.70. The molecule has 0 radical (unpaired) electrons. The fourth-order valence-electron chi connectivity index (χ4n) is 2.65.